The first-order valence-corrected chi connectivity index (χ1v) is 15.9. The molecule has 1 unspecified atom stereocenters. The van der Waals surface area contributed by atoms with Gasteiger partial charge in [-0.25, -0.2) is 0 Å². The normalized spacial score (nSPS) is 40.3. The van der Waals surface area contributed by atoms with Crippen molar-refractivity contribution in [3.05, 3.63) is 11.6 Å². The first-order chi connectivity index (χ1) is 18.3. The molecule has 0 aromatic rings. The smallest absolute Gasteiger partial charge is 0.302 e. The number of ether oxygens (including phenoxy) is 2. The number of carbonyl (C=O) groups excluding carboxylic acids is 3. The summed E-state index contributed by atoms with van der Waals surface area (Å²) >= 11 is 0. The Hall–Kier alpha value is -1.65. The molecule has 0 aliphatic heterocycles. The minimum absolute atomic E-state index is 0.000312. The van der Waals surface area contributed by atoms with Crippen LogP contribution >= 0.6 is 0 Å². The Labute approximate surface area is 243 Å². The summed E-state index contributed by atoms with van der Waals surface area (Å²) in [7, 11) is 0. The third kappa shape index (κ3) is 5.10. The highest BCUT2D eigenvalue weighted by atomic mass is 16.5. The summed E-state index contributed by atoms with van der Waals surface area (Å²) in [5, 5.41) is 0. The van der Waals surface area contributed by atoms with E-state index in [9.17, 15) is 14.4 Å². The molecule has 0 radical (unpaired) electrons. The average molecular weight is 557 g/mol. The van der Waals surface area contributed by atoms with Gasteiger partial charge in [-0.2, -0.15) is 0 Å². The zero-order chi connectivity index (χ0) is 30.1. The van der Waals surface area contributed by atoms with Crippen LogP contribution in [0.25, 0.3) is 0 Å². The quantitative estimate of drug-likeness (QED) is 0.309. The van der Waals surface area contributed by atoms with E-state index < -0.39 is 0 Å². The molecule has 40 heavy (non-hydrogen) atoms. The molecule has 5 heteroatoms. The predicted octanol–water partition coefficient (Wildman–Crippen LogP) is 8.10. The van der Waals surface area contributed by atoms with Gasteiger partial charge in [0.2, 0.25) is 0 Å². The Kier molecular flexibility index (Phi) is 8.03. The Bertz CT molecular complexity index is 1060. The second kappa shape index (κ2) is 10.3. The molecule has 9 atom stereocenters. The van der Waals surface area contributed by atoms with Gasteiger partial charge in [-0.3, -0.25) is 14.4 Å². The summed E-state index contributed by atoms with van der Waals surface area (Å²) in [6.07, 6.45) is 9.45. The molecule has 4 rings (SSSR count). The largest absolute Gasteiger partial charge is 0.462 e. The van der Waals surface area contributed by atoms with Gasteiger partial charge in [0.1, 0.15) is 12.2 Å². The van der Waals surface area contributed by atoms with Crippen LogP contribution in [0.1, 0.15) is 128 Å². The van der Waals surface area contributed by atoms with Crippen molar-refractivity contribution in [2.75, 3.05) is 0 Å². The zero-order valence-electron chi connectivity index (χ0n) is 27.2. The van der Waals surface area contributed by atoms with Gasteiger partial charge >= 0.3 is 11.9 Å². The molecule has 0 bridgehead atoms. The van der Waals surface area contributed by atoms with E-state index in [1.807, 2.05) is 0 Å². The predicted molar refractivity (Wildman–Crippen MR) is 158 cm³/mol. The lowest BCUT2D eigenvalue weighted by Crippen LogP contribution is -2.58. The van der Waals surface area contributed by atoms with Gasteiger partial charge in [0.25, 0.3) is 0 Å². The number of rotatable bonds is 6. The number of hydrogen-bond acceptors (Lipinski definition) is 5. The van der Waals surface area contributed by atoms with Crippen LogP contribution < -0.4 is 0 Å². The number of allylic oxidation sites excluding steroid dienone is 2. The van der Waals surface area contributed by atoms with Gasteiger partial charge in [0, 0.05) is 25.2 Å². The number of carbonyl (C=O) groups is 3. The lowest BCUT2D eigenvalue weighted by Gasteiger charge is -2.62. The lowest BCUT2D eigenvalue weighted by atomic mass is 9.42. The van der Waals surface area contributed by atoms with E-state index in [1.54, 1.807) is 0 Å². The van der Waals surface area contributed by atoms with Crippen molar-refractivity contribution in [1.29, 1.82) is 0 Å². The number of ketones is 1. The highest BCUT2D eigenvalue weighted by Gasteiger charge is 2.67. The van der Waals surface area contributed by atoms with Crippen molar-refractivity contribution >= 4 is 17.7 Å². The van der Waals surface area contributed by atoms with Gasteiger partial charge in [-0.15, -0.1) is 0 Å². The SMILES string of the molecule is CC(=O)O[C@H]1C[C@]2(C)C3CC[C@]4(C)[C@@H](C(C)(C)[C@@H](CCC(C)(C)C)OC(C)=O)CC[C@@]4(C)C3=CC(=O)[C@@H]2C[C@H]1C. The first-order valence-electron chi connectivity index (χ1n) is 15.9. The molecule has 0 aromatic carbocycles. The van der Waals surface area contributed by atoms with E-state index in [1.165, 1.54) is 19.4 Å². The Morgan fingerprint density at radius 1 is 1.00 bits per heavy atom. The fourth-order valence-electron chi connectivity index (χ4n) is 10.1. The minimum Gasteiger partial charge on any atom is -0.462 e. The van der Waals surface area contributed by atoms with Crippen molar-refractivity contribution in [3.8, 4) is 0 Å². The number of fused-ring (bicyclic) bond motifs is 5. The first kappa shape index (κ1) is 31.3. The molecule has 0 heterocycles. The molecule has 4 aliphatic rings. The molecule has 0 amide bonds. The molecular weight excluding hydrogens is 500 g/mol. The van der Waals surface area contributed by atoms with Gasteiger partial charge < -0.3 is 9.47 Å². The monoisotopic (exact) mass is 556 g/mol. The van der Waals surface area contributed by atoms with Crippen LogP contribution in [-0.4, -0.2) is 29.9 Å². The van der Waals surface area contributed by atoms with Crippen LogP contribution in [-0.2, 0) is 23.9 Å². The molecular formula is C35H56O5. The molecule has 0 spiro atoms. The summed E-state index contributed by atoms with van der Waals surface area (Å²) in [5.74, 6) is 0.731. The van der Waals surface area contributed by atoms with Crippen LogP contribution in [0.2, 0.25) is 0 Å². The van der Waals surface area contributed by atoms with Gasteiger partial charge in [0.15, 0.2) is 5.78 Å². The molecule has 5 nitrogen and oxygen atoms in total. The van der Waals surface area contributed by atoms with E-state index in [0.717, 1.165) is 51.4 Å². The maximum atomic E-state index is 13.8. The van der Waals surface area contributed by atoms with E-state index in [4.69, 9.17) is 9.47 Å². The Balaban J connectivity index is 1.69. The van der Waals surface area contributed by atoms with Crippen LogP contribution in [0.3, 0.4) is 0 Å². The molecule has 0 saturated heterocycles. The molecule has 226 valence electrons. The number of esters is 2. The molecule has 4 aliphatic carbocycles. The summed E-state index contributed by atoms with van der Waals surface area (Å²) < 4.78 is 11.9. The fraction of sp³-hybridized carbons (Fsp3) is 0.857. The van der Waals surface area contributed by atoms with Crippen molar-refractivity contribution in [2.24, 2.45) is 50.7 Å². The summed E-state index contributed by atoms with van der Waals surface area (Å²) in [6, 6.07) is 0. The minimum atomic E-state index is -0.227. The maximum Gasteiger partial charge on any atom is 0.302 e. The summed E-state index contributed by atoms with van der Waals surface area (Å²) in [6.45, 7) is 23.7. The van der Waals surface area contributed by atoms with Crippen LogP contribution in [0.5, 0.6) is 0 Å². The van der Waals surface area contributed by atoms with E-state index in [-0.39, 0.29) is 68.8 Å². The second-order valence-electron chi connectivity index (χ2n) is 16.6. The Morgan fingerprint density at radius 3 is 2.23 bits per heavy atom. The topological polar surface area (TPSA) is 69.7 Å². The highest BCUT2D eigenvalue weighted by Crippen LogP contribution is 2.73. The summed E-state index contributed by atoms with van der Waals surface area (Å²) in [4.78, 5) is 38.1. The average Bonchev–Trinajstić information content (AvgIpc) is 3.09. The molecule has 3 fully saturated rings. The van der Waals surface area contributed by atoms with Crippen molar-refractivity contribution in [1.82, 2.24) is 0 Å². The second-order valence-corrected chi connectivity index (χ2v) is 16.6. The van der Waals surface area contributed by atoms with Crippen molar-refractivity contribution < 1.29 is 23.9 Å². The van der Waals surface area contributed by atoms with E-state index in [0.29, 0.717) is 11.8 Å². The van der Waals surface area contributed by atoms with Crippen LogP contribution in [0, 0.1) is 50.7 Å². The standard InChI is InChI=1S/C35H56O5/c1-21-18-26-27(38)19-25-24(33(26,9)20-28(21)39-22(2)36)12-16-35(11)29(13-17-34(25,35)10)32(7,8)30(40-23(3)37)14-15-31(4,5)6/h19,21,24,26,28-30H,12-18,20H2,1-11H3/t21-,24?,26+,28+,29-,30-,33-,34+,35-/m1/s1. The molecule has 3 saturated carbocycles. The van der Waals surface area contributed by atoms with Crippen molar-refractivity contribution in [3.63, 3.8) is 0 Å². The van der Waals surface area contributed by atoms with Crippen LogP contribution in [0.4, 0.5) is 0 Å². The van der Waals surface area contributed by atoms with Gasteiger partial charge in [0.05, 0.1) is 0 Å². The fourth-order valence-corrected chi connectivity index (χ4v) is 10.1. The highest BCUT2D eigenvalue weighted by molar-refractivity contribution is 5.94. The Morgan fingerprint density at radius 2 is 1.65 bits per heavy atom. The molecule has 0 aromatic heterocycles. The van der Waals surface area contributed by atoms with E-state index in [2.05, 4.69) is 68.4 Å². The summed E-state index contributed by atoms with van der Waals surface area (Å²) in [5.41, 5.74) is 1.03. The van der Waals surface area contributed by atoms with Crippen LogP contribution in [0.15, 0.2) is 11.6 Å². The van der Waals surface area contributed by atoms with Gasteiger partial charge in [-0.1, -0.05) is 67.9 Å². The molecule has 0 N–H and O–H groups in total. The zero-order valence-corrected chi connectivity index (χ0v) is 27.2. The van der Waals surface area contributed by atoms with E-state index >= 15 is 0 Å². The maximum absolute atomic E-state index is 13.8. The third-order valence-corrected chi connectivity index (χ3v) is 12.6. The van der Waals surface area contributed by atoms with Gasteiger partial charge in [-0.05, 0) is 96.9 Å². The number of hydrogen-bond donors (Lipinski definition) is 0. The third-order valence-electron chi connectivity index (χ3n) is 12.6. The van der Waals surface area contributed by atoms with Crippen molar-refractivity contribution in [2.45, 2.75) is 140 Å². The lowest BCUT2D eigenvalue weighted by molar-refractivity contribution is -0.166.